The molecule has 34 heteroatoms. The molecule has 139 heavy (non-hydrogen) atoms. The van der Waals surface area contributed by atoms with E-state index in [1.807, 2.05) is 115 Å². The number of halogens is 10. The maximum absolute atomic E-state index is 13.4. The van der Waals surface area contributed by atoms with E-state index >= 15 is 0 Å². The number of methoxy groups -OCH3 is 3. The van der Waals surface area contributed by atoms with E-state index in [0.29, 0.717) is 77.7 Å². The average molecular weight is 2090 g/mol. The van der Waals surface area contributed by atoms with Crippen LogP contribution in [-0.4, -0.2) is 149 Å². The van der Waals surface area contributed by atoms with Gasteiger partial charge in [0.25, 0.3) is 11.8 Å². The number of carbonyl (C=O) groups excluding carboxylic acids is 7. The highest BCUT2D eigenvalue weighted by Crippen LogP contribution is 2.49. The molecule has 2 heterocycles. The van der Waals surface area contributed by atoms with Crippen LogP contribution in [0.4, 0.5) is 26.3 Å². The topological polar surface area (TPSA) is 332 Å². The number of rotatable bonds is 22. The van der Waals surface area contributed by atoms with E-state index in [1.54, 1.807) is 62.2 Å². The molecule has 0 bridgehead atoms. The number of alkyl halides is 8. The zero-order chi connectivity index (χ0) is 101. The molecule has 0 saturated heterocycles. The first-order valence-corrected chi connectivity index (χ1v) is 47.7. The minimum absolute atomic E-state index is 0.0196. The first-order valence-electron chi connectivity index (χ1n) is 43.2. The summed E-state index contributed by atoms with van der Waals surface area (Å²) >= 11 is 16.4. The Kier molecular flexibility index (Phi) is 41.5. The van der Waals surface area contributed by atoms with Gasteiger partial charge in [-0.2, -0.15) is 26.3 Å². The Morgan fingerprint density at radius 3 is 1.04 bits per heavy atom. The van der Waals surface area contributed by atoms with Crippen molar-refractivity contribution in [3.8, 4) is 29.6 Å². The predicted octanol–water partition coefficient (Wildman–Crippen LogP) is 18.8. The number of esters is 4. The molecular formula is C105H104Br2Cl2F6N9O14P. The van der Waals surface area contributed by atoms with Gasteiger partial charge in [0.2, 0.25) is 0 Å². The van der Waals surface area contributed by atoms with Gasteiger partial charge in [-0.3, -0.25) is 29.2 Å². The standard InChI is InChI=1S/C25H25F2N3O4.C24H23F2N3O4.C21H19O2P.C13H13BrO2.C10H9BrO.C9H6F2O.C2H7N3.CH2Cl2/c1-3-33-21(31)13-15-11-17(12-15)16-5-4-6-19(14-16)25(22(32)30(2)24(28)29-25)18-7-9-20(10-8-18)34-23(26)27;1-29-21(31)24(28-23(29)27,17-6-8-19(9-7-17)33-22(25)26)18-5-3-4-15(13-18)16-10-14(11-16)12-20(30)32-2;1-23-21(22)17-24(18-11-5-2-6-12-18,19-13-7-3-8-14-19)20-15-9-4-10-16-20;1-16-13(15)7-9-5-11(6-9)10-3-2-4-12(14)8-10;11-9-3-1-2-7(4-9)8-5-10(12)6-8;1-2-7-3-5-8(6-4-7)12-9(10)11;1-5-2(3)4;2-1-3/h4-10,13-14,17,23H,3,11-12H2,1-2H3,(H2,28,29);3-9,12-13,16,22H,10-11H2,1-2H3,(H2,27,28);2-17H,1H3;2-4,7-8,11H,5-6H2,1H3;1-4,8H,5-6H2;1,3-6,9H;1H3,(H4,3,4,5);1H2. The second kappa shape index (κ2) is 52.9. The lowest BCUT2D eigenvalue weighted by atomic mass is 9.74. The van der Waals surface area contributed by atoms with E-state index in [1.165, 1.54) is 123 Å². The Balaban J connectivity index is 0.000000191. The minimum Gasteiger partial charge on any atom is -0.466 e. The number of hydrogen-bond donors (Lipinski definition) is 4. The number of benzene rings is 10. The summed E-state index contributed by atoms with van der Waals surface area (Å²) in [4.78, 5) is 99.0. The summed E-state index contributed by atoms with van der Waals surface area (Å²) in [6, 6.07) is 79.8. The quantitative estimate of drug-likeness (QED) is 0.00563. The summed E-state index contributed by atoms with van der Waals surface area (Å²) in [5, 5.41) is 3.59. The molecule has 728 valence electrons. The van der Waals surface area contributed by atoms with E-state index in [2.05, 4.69) is 137 Å². The molecule has 4 saturated carbocycles. The molecule has 2 unspecified atom stereocenters. The first-order chi connectivity index (χ1) is 66.6. The van der Waals surface area contributed by atoms with Crippen molar-refractivity contribution >= 4 is 143 Å². The molecule has 0 spiro atoms. The van der Waals surface area contributed by atoms with E-state index in [4.69, 9.17) is 62.0 Å². The van der Waals surface area contributed by atoms with Crippen molar-refractivity contribution < 1.29 is 93.1 Å². The SMILES string of the molecule is C#Cc1ccc(OC(F)F)cc1.CCOC(=O)C=C1CC(c2cccc(C3(c4ccc(OC(F)F)cc4)N=C(N)N(C)C3=O)c2)C1.CN=C(N)N.COC(=O)C=C1CC(c2cccc(Br)c2)C1.COC(=O)C=C1CC(c2cccc(C3(c4ccc(OC(F)F)cc4)N=C(N)N(C)C3=O)c2)C1.COC(=O)C=P(c1ccccc1)(c1ccccc1)c1ccccc1.ClCCl.O=C1CC(c2cccc(Br)c2)C1. The Hall–Kier alpha value is -13.5. The Labute approximate surface area is 829 Å². The second-order valence-corrected chi connectivity index (χ2v) is 37.5. The van der Waals surface area contributed by atoms with Gasteiger partial charge in [0, 0.05) is 72.5 Å². The molecule has 0 radical (unpaired) electrons. The minimum atomic E-state index is -2.95. The number of ether oxygens (including phenoxy) is 7. The maximum atomic E-state index is 13.4. The summed E-state index contributed by atoms with van der Waals surface area (Å²) in [6.07, 6.45) is 16.0. The van der Waals surface area contributed by atoms with Crippen molar-refractivity contribution in [2.75, 3.05) is 54.4 Å². The van der Waals surface area contributed by atoms with Crippen LogP contribution in [0, 0.1) is 12.3 Å². The monoisotopic (exact) mass is 2090 g/mol. The van der Waals surface area contributed by atoms with Crippen LogP contribution in [0.3, 0.4) is 0 Å². The molecule has 8 N–H and O–H groups in total. The van der Waals surface area contributed by atoms with Crippen LogP contribution in [0.15, 0.2) is 320 Å². The lowest BCUT2D eigenvalue weighted by Crippen LogP contribution is -2.41. The van der Waals surface area contributed by atoms with Crippen molar-refractivity contribution in [2.45, 2.75) is 113 Å². The molecule has 2 aliphatic heterocycles. The van der Waals surface area contributed by atoms with Crippen LogP contribution in [0.25, 0.3) is 0 Å². The number of nitrogens with two attached hydrogens (primary N) is 4. The lowest BCUT2D eigenvalue weighted by Gasteiger charge is -2.31. The number of guanidine groups is 3. The number of nitrogens with zero attached hydrogens (tertiary/aromatic N) is 5. The van der Waals surface area contributed by atoms with Gasteiger partial charge in [0.1, 0.15) is 23.0 Å². The van der Waals surface area contributed by atoms with E-state index in [-0.39, 0.29) is 88.0 Å². The highest BCUT2D eigenvalue weighted by Gasteiger charge is 2.52. The fraction of sp³-hybridized carbons (Fsp3) is 0.248. The van der Waals surface area contributed by atoms with Crippen LogP contribution in [0.2, 0.25) is 0 Å². The molecule has 4 fully saturated rings. The molecule has 10 aromatic rings. The van der Waals surface area contributed by atoms with Crippen LogP contribution in [-0.2, 0) is 63.6 Å². The largest absolute Gasteiger partial charge is 0.466 e. The fourth-order valence-electron chi connectivity index (χ4n) is 15.6. The van der Waals surface area contributed by atoms with Gasteiger partial charge in [-0.05, 0) is 209 Å². The number of aliphatic imine (C=N–C) groups is 3. The average Bonchev–Trinajstić information content (AvgIpc) is 1.56. The summed E-state index contributed by atoms with van der Waals surface area (Å²) < 4.78 is 108. The lowest BCUT2D eigenvalue weighted by molar-refractivity contribution is -0.137. The van der Waals surface area contributed by atoms with Crippen LogP contribution >= 0.6 is 61.9 Å². The zero-order valence-corrected chi connectivity index (χ0v) is 82.4. The number of ketones is 1. The highest BCUT2D eigenvalue weighted by atomic mass is 79.9. The molecule has 4 aliphatic carbocycles. The smallest absolute Gasteiger partial charge is 0.387 e. The Bertz CT molecular complexity index is 6070. The number of hydrogen-bond acceptors (Lipinski definition) is 19. The summed E-state index contributed by atoms with van der Waals surface area (Å²) in [5.74, 6) is 4.30. The normalized spacial score (nSPS) is 17.4. The van der Waals surface area contributed by atoms with Gasteiger partial charge < -0.3 is 56.1 Å². The number of terminal acetylenes is 1. The number of likely N-dealkylation sites (N-methyl/N-ethyl adjacent to an activating group) is 2. The molecule has 2 amide bonds. The van der Waals surface area contributed by atoms with Crippen LogP contribution in [0.5, 0.6) is 17.2 Å². The Morgan fingerprint density at radius 1 is 0.468 bits per heavy atom. The number of amides is 2. The Morgan fingerprint density at radius 2 is 0.770 bits per heavy atom. The van der Waals surface area contributed by atoms with Crippen molar-refractivity contribution in [1.29, 1.82) is 0 Å². The third kappa shape index (κ3) is 29.8. The highest BCUT2D eigenvalue weighted by molar-refractivity contribution is 9.10. The van der Waals surface area contributed by atoms with E-state index < -0.39 is 37.8 Å². The molecular weight excluding hydrogens is 1990 g/mol. The second-order valence-electron chi connectivity index (χ2n) is 31.6. The van der Waals surface area contributed by atoms with Gasteiger partial charge in [-0.1, -0.05) is 243 Å². The summed E-state index contributed by atoms with van der Waals surface area (Å²) in [7, 11) is 8.79. The molecule has 0 aromatic heterocycles. The predicted molar refractivity (Wildman–Crippen MR) is 538 cm³/mol. The third-order valence-corrected chi connectivity index (χ3v) is 27.7. The van der Waals surface area contributed by atoms with Crippen molar-refractivity contribution in [3.63, 3.8) is 0 Å². The summed E-state index contributed by atoms with van der Waals surface area (Å²) in [5.41, 5.74) is 29.4. The molecule has 16 rings (SSSR count). The van der Waals surface area contributed by atoms with Crippen LogP contribution in [0.1, 0.15) is 132 Å². The van der Waals surface area contributed by atoms with Crippen molar-refractivity contribution in [2.24, 2.45) is 37.9 Å². The van der Waals surface area contributed by atoms with Gasteiger partial charge in [0.05, 0.1) is 33.3 Å². The first kappa shape index (κ1) is 109. The maximum Gasteiger partial charge on any atom is 0.387 e. The van der Waals surface area contributed by atoms with Crippen molar-refractivity contribution in [3.05, 3.63) is 355 Å². The van der Waals surface area contributed by atoms with E-state index in [9.17, 15) is 59.9 Å². The van der Waals surface area contributed by atoms with E-state index in [0.717, 1.165) is 72.8 Å². The molecule has 10 aromatic carbocycles. The number of allylic oxidation sites excluding steroid dienone is 3. The van der Waals surface area contributed by atoms with Gasteiger partial charge in [0.15, 0.2) is 29.0 Å². The molecule has 23 nitrogen and oxygen atoms in total. The zero-order valence-electron chi connectivity index (χ0n) is 76.8. The molecule has 2 atom stereocenters. The third-order valence-electron chi connectivity index (χ3n) is 22.8. The van der Waals surface area contributed by atoms with Gasteiger partial charge in [-0.25, -0.2) is 29.2 Å². The molecule has 6 aliphatic rings. The number of Topliss-reactive ketones (excluding diaryl/α,β-unsaturated/α-hetero) is 1. The summed E-state index contributed by atoms with van der Waals surface area (Å²) in [6.45, 7) is -8.82. The van der Waals surface area contributed by atoms with Crippen LogP contribution < -0.4 is 53.1 Å². The van der Waals surface area contributed by atoms with Gasteiger partial charge in [-0.15, -0.1) is 29.6 Å². The number of carbonyl (C=O) groups is 7. The van der Waals surface area contributed by atoms with Gasteiger partial charge >= 0.3 is 43.7 Å². The van der Waals surface area contributed by atoms with Crippen molar-refractivity contribution in [1.82, 2.24) is 9.80 Å². The fourth-order valence-corrected chi connectivity index (χ4v) is 20.1.